The first kappa shape index (κ1) is 16.4. The van der Waals surface area contributed by atoms with Crippen LogP contribution in [0.25, 0.3) is 0 Å². The van der Waals surface area contributed by atoms with E-state index < -0.39 is 9.84 Å². The topological polar surface area (TPSA) is 92.5 Å². The van der Waals surface area contributed by atoms with E-state index in [0.717, 1.165) is 24.9 Å². The summed E-state index contributed by atoms with van der Waals surface area (Å²) in [5, 5.41) is 6.88. The second kappa shape index (κ2) is 6.24. The first-order valence-corrected chi connectivity index (χ1v) is 10.0. The molecule has 1 N–H and O–H groups in total. The van der Waals surface area contributed by atoms with Crippen LogP contribution in [0.3, 0.4) is 0 Å². The fourth-order valence-electron chi connectivity index (χ4n) is 3.07. The molecular weight excluding hydrogens is 318 g/mol. The van der Waals surface area contributed by atoms with E-state index in [9.17, 15) is 13.2 Å². The molecule has 2 fully saturated rings. The van der Waals surface area contributed by atoms with Crippen LogP contribution in [-0.2, 0) is 9.84 Å². The van der Waals surface area contributed by atoms with E-state index in [2.05, 4.69) is 22.3 Å². The van der Waals surface area contributed by atoms with Crippen LogP contribution in [0.15, 0.2) is 10.8 Å². The molecule has 1 unspecified atom stereocenters. The number of likely N-dealkylation sites (tertiary alicyclic amines) is 1. The van der Waals surface area contributed by atoms with Crippen molar-refractivity contribution in [1.29, 1.82) is 0 Å². The molecule has 2 aliphatic rings. The number of hydrogen-bond donors (Lipinski definition) is 1. The van der Waals surface area contributed by atoms with E-state index in [1.807, 2.05) is 0 Å². The predicted octanol–water partition coefficient (Wildman–Crippen LogP) is 0.647. The van der Waals surface area contributed by atoms with Crippen LogP contribution in [0, 0.1) is 5.92 Å². The highest BCUT2D eigenvalue weighted by atomic mass is 32.2. The third kappa shape index (κ3) is 4.11. The highest BCUT2D eigenvalue weighted by molar-refractivity contribution is 7.90. The van der Waals surface area contributed by atoms with Gasteiger partial charge in [-0.2, -0.15) is 0 Å². The van der Waals surface area contributed by atoms with Gasteiger partial charge in [-0.15, -0.1) is 0 Å². The van der Waals surface area contributed by atoms with Gasteiger partial charge in [-0.05, 0) is 24.7 Å². The molecule has 2 heterocycles. The van der Waals surface area contributed by atoms with Crippen LogP contribution in [0.1, 0.15) is 41.7 Å². The molecule has 1 saturated heterocycles. The zero-order chi connectivity index (χ0) is 16.6. The Bertz CT molecular complexity index is 681. The maximum atomic E-state index is 12.4. The molecule has 1 aliphatic carbocycles. The molecule has 0 aromatic carbocycles. The summed E-state index contributed by atoms with van der Waals surface area (Å²) in [6.45, 7) is 4.02. The minimum atomic E-state index is -2.96. The smallest absolute Gasteiger partial charge is 0.274 e. The number of hydrogen-bond acceptors (Lipinski definition) is 6. The molecule has 2 atom stereocenters. The van der Waals surface area contributed by atoms with Gasteiger partial charge in [0.25, 0.3) is 5.91 Å². The van der Waals surface area contributed by atoms with Crippen LogP contribution in [0.5, 0.6) is 0 Å². The van der Waals surface area contributed by atoms with E-state index in [4.69, 9.17) is 4.52 Å². The van der Waals surface area contributed by atoms with E-state index >= 15 is 0 Å². The number of carbonyl (C=O) groups excluding carboxylic acids is 1. The van der Waals surface area contributed by atoms with Crippen LogP contribution in [0.2, 0.25) is 0 Å². The minimum absolute atomic E-state index is 0.00538. The highest BCUT2D eigenvalue weighted by Gasteiger charge is 2.34. The van der Waals surface area contributed by atoms with Gasteiger partial charge in [0.15, 0.2) is 5.69 Å². The van der Waals surface area contributed by atoms with Crippen LogP contribution < -0.4 is 5.32 Å². The summed E-state index contributed by atoms with van der Waals surface area (Å²) >= 11 is 0. The van der Waals surface area contributed by atoms with Gasteiger partial charge in [-0.3, -0.25) is 9.69 Å². The van der Waals surface area contributed by atoms with E-state index in [1.54, 1.807) is 6.26 Å². The number of sulfone groups is 1. The van der Waals surface area contributed by atoms with Gasteiger partial charge >= 0.3 is 0 Å². The Balaban J connectivity index is 1.57. The van der Waals surface area contributed by atoms with E-state index in [1.165, 1.54) is 6.26 Å². The van der Waals surface area contributed by atoms with Crippen molar-refractivity contribution in [2.75, 3.05) is 31.6 Å². The lowest BCUT2D eigenvalue weighted by Gasteiger charge is -2.16. The number of carbonyl (C=O) groups is 1. The lowest BCUT2D eigenvalue weighted by atomic mass is 10.1. The number of amides is 1. The summed E-state index contributed by atoms with van der Waals surface area (Å²) in [5.41, 5.74) is 1.30. The standard InChI is InChI=1S/C15H23N3O4S/c1-10-7-18(5-6-23(2,20)21)8-13(10)16-15(19)14-12(9-22-17-14)11-3-4-11/h9-11,13H,3-8H2,1-2H3,(H,16,19)/t10?,13-/m1/s1. The second-order valence-electron chi connectivity index (χ2n) is 6.84. The number of nitrogens with zero attached hydrogens (tertiary/aromatic N) is 2. The second-order valence-corrected chi connectivity index (χ2v) is 9.10. The van der Waals surface area contributed by atoms with Gasteiger partial charge in [-0.1, -0.05) is 12.1 Å². The fraction of sp³-hybridized carbons (Fsp3) is 0.733. The number of aromatic nitrogens is 1. The Labute approximate surface area is 136 Å². The van der Waals surface area contributed by atoms with Gasteiger partial charge in [-0.25, -0.2) is 8.42 Å². The van der Waals surface area contributed by atoms with Gasteiger partial charge in [0.05, 0.1) is 5.75 Å². The molecule has 0 bridgehead atoms. The molecule has 1 saturated carbocycles. The lowest BCUT2D eigenvalue weighted by molar-refractivity contribution is 0.0921. The molecule has 1 aliphatic heterocycles. The Hall–Kier alpha value is -1.41. The van der Waals surface area contributed by atoms with Crippen molar-refractivity contribution in [3.8, 4) is 0 Å². The summed E-state index contributed by atoms with van der Waals surface area (Å²) < 4.78 is 27.5. The maximum absolute atomic E-state index is 12.4. The third-order valence-electron chi connectivity index (χ3n) is 4.61. The molecule has 0 spiro atoms. The number of rotatable bonds is 6. The van der Waals surface area contributed by atoms with Gasteiger partial charge < -0.3 is 9.84 Å². The maximum Gasteiger partial charge on any atom is 0.274 e. The van der Waals surface area contributed by atoms with E-state index in [-0.39, 0.29) is 23.6 Å². The Morgan fingerprint density at radius 3 is 2.83 bits per heavy atom. The molecule has 23 heavy (non-hydrogen) atoms. The SMILES string of the molecule is CC1CN(CCS(C)(=O)=O)C[C@H]1NC(=O)c1nocc1C1CC1. The van der Waals surface area contributed by atoms with Crippen molar-refractivity contribution in [1.82, 2.24) is 15.4 Å². The summed E-state index contributed by atoms with van der Waals surface area (Å²) in [7, 11) is -2.96. The average Bonchev–Trinajstić information content (AvgIpc) is 3.08. The van der Waals surface area contributed by atoms with Crippen LogP contribution in [0.4, 0.5) is 0 Å². The molecule has 1 aromatic heterocycles. The minimum Gasteiger partial charge on any atom is -0.364 e. The molecular formula is C15H23N3O4S. The quantitative estimate of drug-likeness (QED) is 0.816. The Morgan fingerprint density at radius 2 is 2.17 bits per heavy atom. The Morgan fingerprint density at radius 1 is 1.43 bits per heavy atom. The van der Waals surface area contributed by atoms with Crippen LogP contribution >= 0.6 is 0 Å². The Kier molecular flexibility index (Phi) is 4.46. The molecule has 0 radical (unpaired) electrons. The van der Waals surface area contributed by atoms with Crippen LogP contribution in [-0.4, -0.2) is 62.1 Å². The van der Waals surface area contributed by atoms with Crippen molar-refractivity contribution in [2.45, 2.75) is 31.7 Å². The largest absolute Gasteiger partial charge is 0.364 e. The zero-order valence-corrected chi connectivity index (χ0v) is 14.3. The van der Waals surface area contributed by atoms with Crippen molar-refractivity contribution in [3.05, 3.63) is 17.5 Å². The van der Waals surface area contributed by atoms with Gasteiger partial charge in [0.1, 0.15) is 16.1 Å². The van der Waals surface area contributed by atoms with Crippen molar-refractivity contribution < 1.29 is 17.7 Å². The molecule has 3 rings (SSSR count). The molecule has 1 aromatic rings. The van der Waals surface area contributed by atoms with Crippen molar-refractivity contribution in [3.63, 3.8) is 0 Å². The van der Waals surface area contributed by atoms with Crippen molar-refractivity contribution >= 4 is 15.7 Å². The zero-order valence-electron chi connectivity index (χ0n) is 13.5. The summed E-state index contributed by atoms with van der Waals surface area (Å²) in [4.78, 5) is 14.5. The van der Waals surface area contributed by atoms with Gasteiger partial charge in [0.2, 0.25) is 0 Å². The molecule has 8 heteroatoms. The molecule has 7 nitrogen and oxygen atoms in total. The number of nitrogens with one attached hydrogen (secondary N) is 1. The third-order valence-corrected chi connectivity index (χ3v) is 5.54. The summed E-state index contributed by atoms with van der Waals surface area (Å²) in [6.07, 6.45) is 4.99. The molecule has 128 valence electrons. The summed E-state index contributed by atoms with van der Waals surface area (Å²) in [5.74, 6) is 0.640. The van der Waals surface area contributed by atoms with E-state index in [0.29, 0.717) is 24.7 Å². The highest BCUT2D eigenvalue weighted by Crippen LogP contribution is 2.41. The molecule has 1 amide bonds. The average molecular weight is 341 g/mol. The fourth-order valence-corrected chi connectivity index (χ4v) is 3.66. The first-order valence-electron chi connectivity index (χ1n) is 7.98. The lowest BCUT2D eigenvalue weighted by Crippen LogP contribution is -2.40. The first-order chi connectivity index (χ1) is 10.8. The van der Waals surface area contributed by atoms with Gasteiger partial charge in [0, 0.05) is 37.5 Å². The normalized spacial score (nSPS) is 25.7. The monoisotopic (exact) mass is 341 g/mol. The van der Waals surface area contributed by atoms with Crippen molar-refractivity contribution in [2.24, 2.45) is 5.92 Å². The predicted molar refractivity (Wildman–Crippen MR) is 85.0 cm³/mol. The summed E-state index contributed by atoms with van der Waals surface area (Å²) in [6, 6.07) is 0.00538.